The summed E-state index contributed by atoms with van der Waals surface area (Å²) in [6, 6.07) is 9.91. The van der Waals surface area contributed by atoms with Crippen LogP contribution in [0.5, 0.6) is 0 Å². The first-order chi connectivity index (χ1) is 12.9. The molecule has 27 heavy (non-hydrogen) atoms. The number of aromatic nitrogens is 2. The lowest BCUT2D eigenvalue weighted by Crippen LogP contribution is -2.56. The first-order valence-electron chi connectivity index (χ1n) is 9.20. The summed E-state index contributed by atoms with van der Waals surface area (Å²) in [5, 5.41) is 14.4. The number of carbonyl (C=O) groups excluding carboxylic acids is 1. The Bertz CT molecular complexity index is 829. The van der Waals surface area contributed by atoms with Crippen LogP contribution in [0.25, 0.3) is 6.08 Å². The number of hydrogen-bond donors (Lipinski definition) is 1. The number of ether oxygens (including phenoxy) is 1. The molecular formula is C21H27N3O3. The topological polar surface area (TPSA) is 67.6 Å². The molecule has 1 atom stereocenters. The van der Waals surface area contributed by atoms with Gasteiger partial charge in [0.05, 0.1) is 25.5 Å². The van der Waals surface area contributed by atoms with E-state index in [4.69, 9.17) is 4.74 Å². The number of benzene rings is 1. The smallest absolute Gasteiger partial charge is 0.246 e. The molecule has 6 nitrogen and oxygen atoms in total. The van der Waals surface area contributed by atoms with Crippen LogP contribution < -0.4 is 0 Å². The second-order valence-electron chi connectivity index (χ2n) is 7.15. The van der Waals surface area contributed by atoms with Crippen molar-refractivity contribution in [3.8, 4) is 0 Å². The van der Waals surface area contributed by atoms with Crippen molar-refractivity contribution in [2.75, 3.05) is 26.3 Å². The second kappa shape index (κ2) is 8.06. The third kappa shape index (κ3) is 4.28. The zero-order chi connectivity index (χ0) is 19.4. The highest BCUT2D eigenvalue weighted by molar-refractivity contribution is 5.92. The van der Waals surface area contributed by atoms with E-state index in [1.165, 1.54) is 0 Å². The van der Waals surface area contributed by atoms with Crippen LogP contribution in [0.2, 0.25) is 0 Å². The molecule has 0 saturated carbocycles. The van der Waals surface area contributed by atoms with E-state index in [2.05, 4.69) is 5.10 Å². The highest BCUT2D eigenvalue weighted by Gasteiger charge is 2.37. The van der Waals surface area contributed by atoms with Crippen molar-refractivity contribution in [3.63, 3.8) is 0 Å². The van der Waals surface area contributed by atoms with Crippen LogP contribution in [0.15, 0.2) is 36.4 Å². The maximum atomic E-state index is 12.7. The Balaban J connectivity index is 1.72. The molecule has 144 valence electrons. The summed E-state index contributed by atoms with van der Waals surface area (Å²) < 4.78 is 7.73. The first-order valence-corrected chi connectivity index (χ1v) is 9.20. The first kappa shape index (κ1) is 19.3. The molecule has 1 aliphatic heterocycles. The van der Waals surface area contributed by atoms with Gasteiger partial charge in [0.25, 0.3) is 0 Å². The van der Waals surface area contributed by atoms with Gasteiger partial charge in [-0.2, -0.15) is 5.10 Å². The van der Waals surface area contributed by atoms with E-state index in [1.807, 2.05) is 62.0 Å². The molecule has 2 heterocycles. The van der Waals surface area contributed by atoms with E-state index in [0.29, 0.717) is 26.1 Å². The van der Waals surface area contributed by atoms with Crippen LogP contribution >= 0.6 is 0 Å². The van der Waals surface area contributed by atoms with E-state index in [1.54, 1.807) is 11.0 Å². The van der Waals surface area contributed by atoms with Gasteiger partial charge >= 0.3 is 0 Å². The normalized spacial score (nSPS) is 20.4. The van der Waals surface area contributed by atoms with Crippen molar-refractivity contribution in [1.82, 2.24) is 14.7 Å². The predicted octanol–water partition coefficient (Wildman–Crippen LogP) is 1.88. The fourth-order valence-electron chi connectivity index (χ4n) is 3.55. The van der Waals surface area contributed by atoms with Gasteiger partial charge in [0.15, 0.2) is 0 Å². The molecule has 2 aromatic rings. The van der Waals surface area contributed by atoms with Crippen LogP contribution in [-0.4, -0.2) is 57.6 Å². The molecule has 0 bridgehead atoms. The molecule has 0 radical (unpaired) electrons. The molecule has 1 amide bonds. The standard InChI is InChI=1S/C21H27N3O3/c1-16-19(17(2)23(3)22-16)9-10-20(26)24-11-12-27-21(14-24,15-25)13-18-7-5-4-6-8-18/h4-10,25H,11-15H2,1-3H3/b10-9+/t21-/m1/s1. The SMILES string of the molecule is Cc1nn(C)c(C)c1/C=C/C(=O)N1CCO[C@](CO)(Cc2ccccc2)C1. The molecule has 1 aromatic heterocycles. The summed E-state index contributed by atoms with van der Waals surface area (Å²) in [6.07, 6.45) is 3.99. The number of aryl methyl sites for hydroxylation is 2. The molecule has 0 unspecified atom stereocenters. The third-order valence-electron chi connectivity index (χ3n) is 5.17. The fraction of sp³-hybridized carbons (Fsp3) is 0.429. The molecule has 1 fully saturated rings. The molecule has 1 N–H and O–H groups in total. The fourth-order valence-corrected chi connectivity index (χ4v) is 3.55. The Morgan fingerprint density at radius 3 is 2.70 bits per heavy atom. The Hall–Kier alpha value is -2.44. The van der Waals surface area contributed by atoms with Crippen molar-refractivity contribution >= 4 is 12.0 Å². The zero-order valence-corrected chi connectivity index (χ0v) is 16.2. The van der Waals surface area contributed by atoms with Crippen molar-refractivity contribution in [1.29, 1.82) is 0 Å². The molecule has 0 aliphatic carbocycles. The molecule has 1 aromatic carbocycles. The molecular weight excluding hydrogens is 342 g/mol. The summed E-state index contributed by atoms with van der Waals surface area (Å²) in [5.74, 6) is -0.0770. The summed E-state index contributed by atoms with van der Waals surface area (Å²) in [7, 11) is 1.89. The lowest BCUT2D eigenvalue weighted by molar-refractivity contribution is -0.153. The van der Waals surface area contributed by atoms with Gasteiger partial charge in [-0.15, -0.1) is 0 Å². The van der Waals surface area contributed by atoms with Gasteiger partial charge in [-0.25, -0.2) is 0 Å². The van der Waals surface area contributed by atoms with Gasteiger partial charge in [0, 0.05) is 37.3 Å². The van der Waals surface area contributed by atoms with E-state index in [-0.39, 0.29) is 12.5 Å². The highest BCUT2D eigenvalue weighted by atomic mass is 16.5. The quantitative estimate of drug-likeness (QED) is 0.818. The number of amides is 1. The van der Waals surface area contributed by atoms with Crippen LogP contribution in [0.3, 0.4) is 0 Å². The number of aliphatic hydroxyl groups is 1. The van der Waals surface area contributed by atoms with E-state index in [0.717, 1.165) is 22.5 Å². The Labute approximate surface area is 160 Å². The minimum absolute atomic E-state index is 0.0770. The van der Waals surface area contributed by atoms with Gasteiger partial charge in [-0.1, -0.05) is 30.3 Å². The monoisotopic (exact) mass is 369 g/mol. The van der Waals surface area contributed by atoms with Gasteiger partial charge in [-0.3, -0.25) is 9.48 Å². The largest absolute Gasteiger partial charge is 0.393 e. The van der Waals surface area contributed by atoms with Gasteiger partial charge in [-0.05, 0) is 25.5 Å². The summed E-state index contributed by atoms with van der Waals surface area (Å²) in [5.41, 5.74) is 3.21. The molecule has 1 saturated heterocycles. The molecule has 3 rings (SSSR count). The maximum absolute atomic E-state index is 12.7. The predicted molar refractivity (Wildman–Crippen MR) is 104 cm³/mol. The number of morpholine rings is 1. The minimum Gasteiger partial charge on any atom is -0.393 e. The van der Waals surface area contributed by atoms with Gasteiger partial charge in [0.2, 0.25) is 5.91 Å². The number of carbonyl (C=O) groups is 1. The van der Waals surface area contributed by atoms with E-state index in [9.17, 15) is 9.90 Å². The Morgan fingerprint density at radius 1 is 1.33 bits per heavy atom. The Morgan fingerprint density at radius 2 is 2.07 bits per heavy atom. The van der Waals surface area contributed by atoms with Crippen molar-refractivity contribution in [3.05, 3.63) is 58.9 Å². The van der Waals surface area contributed by atoms with Crippen molar-refractivity contribution in [2.24, 2.45) is 7.05 Å². The lowest BCUT2D eigenvalue weighted by atomic mass is 9.93. The van der Waals surface area contributed by atoms with E-state index >= 15 is 0 Å². The van der Waals surface area contributed by atoms with Crippen LogP contribution in [0.4, 0.5) is 0 Å². The summed E-state index contributed by atoms with van der Waals surface area (Å²) >= 11 is 0. The van der Waals surface area contributed by atoms with Crippen molar-refractivity contribution in [2.45, 2.75) is 25.9 Å². The van der Waals surface area contributed by atoms with Crippen LogP contribution in [0.1, 0.15) is 22.5 Å². The van der Waals surface area contributed by atoms with Crippen molar-refractivity contribution < 1.29 is 14.6 Å². The number of hydrogen-bond acceptors (Lipinski definition) is 4. The average molecular weight is 369 g/mol. The third-order valence-corrected chi connectivity index (χ3v) is 5.17. The minimum atomic E-state index is -0.761. The average Bonchev–Trinajstić information content (AvgIpc) is 2.92. The highest BCUT2D eigenvalue weighted by Crippen LogP contribution is 2.23. The van der Waals surface area contributed by atoms with Gasteiger partial charge < -0.3 is 14.7 Å². The van der Waals surface area contributed by atoms with Gasteiger partial charge in [0.1, 0.15) is 5.60 Å². The zero-order valence-electron chi connectivity index (χ0n) is 16.2. The number of aliphatic hydroxyl groups excluding tert-OH is 1. The Kier molecular flexibility index (Phi) is 5.77. The maximum Gasteiger partial charge on any atom is 0.246 e. The summed E-state index contributed by atoms with van der Waals surface area (Å²) in [6.45, 7) is 5.09. The number of rotatable bonds is 5. The number of nitrogens with zero attached hydrogens (tertiary/aromatic N) is 3. The molecule has 1 aliphatic rings. The molecule has 6 heteroatoms. The summed E-state index contributed by atoms with van der Waals surface area (Å²) in [4.78, 5) is 14.5. The van der Waals surface area contributed by atoms with Crippen LogP contribution in [-0.2, 0) is 23.0 Å². The van der Waals surface area contributed by atoms with E-state index < -0.39 is 5.60 Å². The molecule has 0 spiro atoms. The second-order valence-corrected chi connectivity index (χ2v) is 7.15. The van der Waals surface area contributed by atoms with Crippen LogP contribution in [0, 0.1) is 13.8 Å². The lowest BCUT2D eigenvalue weighted by Gasteiger charge is -2.41.